The van der Waals surface area contributed by atoms with Crippen LogP contribution in [-0.4, -0.2) is 26.0 Å². The Balaban J connectivity index is 1.65. The zero-order valence-electron chi connectivity index (χ0n) is 11.1. The zero-order chi connectivity index (χ0) is 13.9. The molecule has 0 radical (unpaired) electrons. The summed E-state index contributed by atoms with van der Waals surface area (Å²) in [6, 6.07) is 2.13. The van der Waals surface area contributed by atoms with Crippen LogP contribution in [0.25, 0.3) is 0 Å². The van der Waals surface area contributed by atoms with Crippen LogP contribution in [0.1, 0.15) is 24.1 Å². The molecule has 1 fully saturated rings. The van der Waals surface area contributed by atoms with Crippen molar-refractivity contribution in [3.05, 3.63) is 40.1 Å². The lowest BCUT2D eigenvalue weighted by molar-refractivity contribution is 0.680. The summed E-state index contributed by atoms with van der Waals surface area (Å²) < 4.78 is 0. The molecule has 2 aromatic rings. The van der Waals surface area contributed by atoms with Gasteiger partial charge in [0.1, 0.15) is 0 Å². The summed E-state index contributed by atoms with van der Waals surface area (Å²) in [6.45, 7) is 2.59. The van der Waals surface area contributed by atoms with Crippen molar-refractivity contribution in [2.75, 3.05) is 0 Å². The Morgan fingerprint density at radius 1 is 1.40 bits per heavy atom. The van der Waals surface area contributed by atoms with Gasteiger partial charge in [-0.25, -0.2) is 15.0 Å². The first kappa shape index (κ1) is 13.3. The zero-order valence-corrected chi connectivity index (χ0v) is 11.9. The maximum atomic E-state index is 11.4. The van der Waals surface area contributed by atoms with Crippen LogP contribution in [0.2, 0.25) is 0 Å². The van der Waals surface area contributed by atoms with Crippen molar-refractivity contribution in [1.82, 2.24) is 25.3 Å². The van der Waals surface area contributed by atoms with Crippen molar-refractivity contribution in [3.63, 3.8) is 0 Å². The third-order valence-electron chi connectivity index (χ3n) is 2.89. The molecule has 0 aromatic carbocycles. The second kappa shape index (κ2) is 5.72. The quantitative estimate of drug-likeness (QED) is 0.807. The lowest BCUT2D eigenvalue weighted by Gasteiger charge is -2.03. The van der Waals surface area contributed by atoms with Crippen molar-refractivity contribution in [1.29, 1.82) is 0 Å². The van der Waals surface area contributed by atoms with Crippen LogP contribution in [0.5, 0.6) is 0 Å². The van der Waals surface area contributed by atoms with Gasteiger partial charge in [-0.1, -0.05) is 0 Å². The number of H-pyrrole nitrogens is 1. The summed E-state index contributed by atoms with van der Waals surface area (Å²) >= 11 is 1.25. The Morgan fingerprint density at radius 3 is 2.80 bits per heavy atom. The van der Waals surface area contributed by atoms with Crippen molar-refractivity contribution < 1.29 is 0 Å². The number of aromatic amines is 1. The van der Waals surface area contributed by atoms with Crippen LogP contribution in [0.3, 0.4) is 0 Å². The van der Waals surface area contributed by atoms with E-state index >= 15 is 0 Å². The standard InChI is InChI=1S/C13H15N5OS/c1-8-4-11(19)18-13(17-8)20-12-15-6-9(7-16-12)5-14-10-2-3-10/h4,6-7,10,14H,2-3,5H2,1H3,(H,17,18,19). The topological polar surface area (TPSA) is 83.6 Å². The van der Waals surface area contributed by atoms with Gasteiger partial charge in [0.25, 0.3) is 5.56 Å². The average molecular weight is 289 g/mol. The first-order chi connectivity index (χ1) is 9.69. The first-order valence-corrected chi connectivity index (χ1v) is 7.31. The smallest absolute Gasteiger partial charge is 0.251 e. The van der Waals surface area contributed by atoms with E-state index in [-0.39, 0.29) is 5.56 Å². The van der Waals surface area contributed by atoms with Crippen molar-refractivity contribution >= 4 is 11.8 Å². The van der Waals surface area contributed by atoms with Gasteiger partial charge in [-0.2, -0.15) is 0 Å². The van der Waals surface area contributed by atoms with E-state index in [0.717, 1.165) is 12.1 Å². The van der Waals surface area contributed by atoms with Crippen LogP contribution in [0.4, 0.5) is 0 Å². The number of nitrogens with zero attached hydrogens (tertiary/aromatic N) is 3. The molecule has 0 spiro atoms. The maximum absolute atomic E-state index is 11.4. The minimum Gasteiger partial charge on any atom is -0.310 e. The molecule has 20 heavy (non-hydrogen) atoms. The summed E-state index contributed by atoms with van der Waals surface area (Å²) in [5.74, 6) is 0. The minimum atomic E-state index is -0.162. The number of aryl methyl sites for hydroxylation is 1. The molecule has 1 aliphatic rings. The number of aromatic nitrogens is 4. The number of hydrogen-bond acceptors (Lipinski definition) is 6. The lowest BCUT2D eigenvalue weighted by atomic mass is 10.3. The van der Waals surface area contributed by atoms with E-state index in [4.69, 9.17) is 0 Å². The Bertz CT molecular complexity index is 651. The second-order valence-electron chi connectivity index (χ2n) is 4.82. The molecule has 2 heterocycles. The largest absolute Gasteiger partial charge is 0.310 e. The van der Waals surface area contributed by atoms with Gasteiger partial charge in [0.2, 0.25) is 0 Å². The van der Waals surface area contributed by atoms with Crippen LogP contribution in [0.15, 0.2) is 33.6 Å². The fourth-order valence-corrected chi connectivity index (χ4v) is 2.45. The summed E-state index contributed by atoms with van der Waals surface area (Å²) in [6.07, 6.45) is 6.14. The molecule has 6 nitrogen and oxygen atoms in total. The van der Waals surface area contributed by atoms with E-state index in [9.17, 15) is 4.79 Å². The predicted molar refractivity (Wildman–Crippen MR) is 75.6 cm³/mol. The summed E-state index contributed by atoms with van der Waals surface area (Å²) in [5, 5.41) is 4.50. The van der Waals surface area contributed by atoms with Gasteiger partial charge in [-0.3, -0.25) is 4.79 Å². The Kier molecular flexibility index (Phi) is 3.79. The minimum absolute atomic E-state index is 0.162. The fourth-order valence-electron chi connectivity index (χ4n) is 1.72. The Morgan fingerprint density at radius 2 is 2.15 bits per heavy atom. The molecule has 0 bridgehead atoms. The Hall–Kier alpha value is -1.73. The number of rotatable bonds is 5. The highest BCUT2D eigenvalue weighted by Crippen LogP contribution is 2.21. The Labute approximate surface area is 120 Å². The van der Waals surface area contributed by atoms with Gasteiger partial charge < -0.3 is 10.3 Å². The van der Waals surface area contributed by atoms with Gasteiger partial charge in [-0.05, 0) is 31.5 Å². The van der Waals surface area contributed by atoms with E-state index in [1.807, 2.05) is 0 Å². The summed E-state index contributed by atoms with van der Waals surface area (Å²) in [4.78, 5) is 26.8. The van der Waals surface area contributed by atoms with Crippen LogP contribution >= 0.6 is 11.8 Å². The molecule has 2 aromatic heterocycles. The summed E-state index contributed by atoms with van der Waals surface area (Å²) in [5.41, 5.74) is 1.58. The van der Waals surface area contributed by atoms with E-state index < -0.39 is 0 Å². The molecule has 1 saturated carbocycles. The first-order valence-electron chi connectivity index (χ1n) is 6.49. The highest BCUT2D eigenvalue weighted by molar-refractivity contribution is 7.99. The molecule has 0 atom stereocenters. The monoisotopic (exact) mass is 289 g/mol. The van der Waals surface area contributed by atoms with Crippen LogP contribution < -0.4 is 10.9 Å². The number of nitrogens with one attached hydrogen (secondary N) is 2. The van der Waals surface area contributed by atoms with Crippen molar-refractivity contribution in [3.8, 4) is 0 Å². The molecule has 0 aliphatic heterocycles. The molecule has 3 rings (SSSR count). The molecular weight excluding hydrogens is 274 g/mol. The van der Waals surface area contributed by atoms with E-state index in [1.54, 1.807) is 19.3 Å². The highest BCUT2D eigenvalue weighted by Gasteiger charge is 2.19. The van der Waals surface area contributed by atoms with Gasteiger partial charge in [0, 0.05) is 42.3 Å². The SMILES string of the molecule is Cc1cc(=O)[nH]c(Sc2ncc(CNC3CC3)cn2)n1. The number of hydrogen-bond donors (Lipinski definition) is 2. The van der Waals surface area contributed by atoms with Crippen LogP contribution in [0, 0.1) is 6.92 Å². The van der Waals surface area contributed by atoms with Gasteiger partial charge >= 0.3 is 0 Å². The average Bonchev–Trinajstić information content (AvgIpc) is 3.21. The van der Waals surface area contributed by atoms with Gasteiger partial charge in [0.15, 0.2) is 10.3 Å². The van der Waals surface area contributed by atoms with Crippen molar-refractivity contribution in [2.24, 2.45) is 0 Å². The molecule has 0 amide bonds. The third-order valence-corrected chi connectivity index (χ3v) is 3.67. The van der Waals surface area contributed by atoms with Crippen molar-refractivity contribution in [2.45, 2.75) is 42.7 Å². The molecule has 1 aliphatic carbocycles. The highest BCUT2D eigenvalue weighted by atomic mass is 32.2. The van der Waals surface area contributed by atoms with Gasteiger partial charge in [-0.15, -0.1) is 0 Å². The summed E-state index contributed by atoms with van der Waals surface area (Å²) in [7, 11) is 0. The third kappa shape index (κ3) is 3.64. The normalized spacial score (nSPS) is 14.4. The molecule has 0 unspecified atom stereocenters. The molecule has 0 saturated heterocycles. The van der Waals surface area contributed by atoms with E-state index in [1.165, 1.54) is 30.7 Å². The maximum Gasteiger partial charge on any atom is 0.251 e. The van der Waals surface area contributed by atoms with Gasteiger partial charge in [0.05, 0.1) is 0 Å². The van der Waals surface area contributed by atoms with E-state index in [2.05, 4.69) is 25.3 Å². The predicted octanol–water partition coefficient (Wildman–Crippen LogP) is 1.27. The molecule has 7 heteroatoms. The molecular formula is C13H15N5OS. The fraction of sp³-hybridized carbons (Fsp3) is 0.385. The lowest BCUT2D eigenvalue weighted by Crippen LogP contribution is -2.15. The molecule has 2 N–H and O–H groups in total. The van der Waals surface area contributed by atoms with Crippen LogP contribution in [-0.2, 0) is 6.54 Å². The second-order valence-corrected chi connectivity index (χ2v) is 5.78. The van der Waals surface area contributed by atoms with E-state index in [0.29, 0.717) is 22.0 Å². The molecule has 104 valence electrons.